The van der Waals surface area contributed by atoms with Gasteiger partial charge in [-0.05, 0) is 76.0 Å². The van der Waals surface area contributed by atoms with Gasteiger partial charge in [-0.15, -0.1) is 0 Å². The quantitative estimate of drug-likeness (QED) is 0.206. The van der Waals surface area contributed by atoms with E-state index in [4.69, 9.17) is 42.6 Å². The van der Waals surface area contributed by atoms with Crippen LogP contribution in [0.3, 0.4) is 0 Å². The molecule has 80 heavy (non-hydrogen) atoms. The van der Waals surface area contributed by atoms with Crippen molar-refractivity contribution in [1.29, 1.82) is 0 Å². The fraction of sp³-hybridized carbons (Fsp3) is 0.840. The minimum Gasteiger partial charge on any atom is -0.463 e. The number of aliphatic hydroxyl groups is 1. The number of alkyl halides is 8. The van der Waals surface area contributed by atoms with E-state index < -0.39 is 149 Å². The van der Waals surface area contributed by atoms with E-state index in [9.17, 15) is 78.6 Å². The van der Waals surface area contributed by atoms with E-state index in [1.807, 2.05) is 0 Å². The Bertz CT molecular complexity index is 2490. The number of rotatable bonds is 8. The summed E-state index contributed by atoms with van der Waals surface area (Å²) < 4.78 is 171. The highest BCUT2D eigenvalue weighted by Gasteiger charge is 2.74. The lowest BCUT2D eigenvalue weighted by Crippen LogP contribution is -2.66. The number of halogens is 8. The van der Waals surface area contributed by atoms with Crippen LogP contribution in [0.5, 0.6) is 0 Å². The predicted octanol–water partition coefficient (Wildman–Crippen LogP) is 3.69. The van der Waals surface area contributed by atoms with Gasteiger partial charge in [0.1, 0.15) is 42.7 Å². The Labute approximate surface area is 448 Å². The first kappa shape index (κ1) is 58.2. The zero-order valence-electron chi connectivity index (χ0n) is 43.3. The molecule has 13 atom stereocenters. The highest BCUT2D eigenvalue weighted by molar-refractivity contribution is 5.83. The monoisotopic (exact) mass is 1160 g/mol. The van der Waals surface area contributed by atoms with Crippen molar-refractivity contribution in [3.63, 3.8) is 0 Å². The van der Waals surface area contributed by atoms with Crippen LogP contribution in [0, 0.1) is 35.5 Å². The molecule has 7 aliphatic heterocycles. The van der Waals surface area contributed by atoms with Crippen molar-refractivity contribution in [2.45, 2.75) is 206 Å². The molecule has 0 aromatic heterocycles. The Morgan fingerprint density at radius 3 is 1.50 bits per heavy atom. The third-order valence-corrected chi connectivity index (χ3v) is 17.1. The van der Waals surface area contributed by atoms with Gasteiger partial charge < -0.3 is 66.7 Å². The zero-order valence-corrected chi connectivity index (χ0v) is 43.3. The van der Waals surface area contributed by atoms with Gasteiger partial charge >= 0.3 is 71.4 Å². The topological polar surface area (TPSA) is 277 Å². The zero-order chi connectivity index (χ0) is 58.1. The maximum atomic E-state index is 13.4. The van der Waals surface area contributed by atoms with Crippen molar-refractivity contribution in [3.05, 3.63) is 0 Å². The summed E-state index contributed by atoms with van der Waals surface area (Å²) >= 11 is 0. The Morgan fingerprint density at radius 1 is 0.550 bits per heavy atom. The summed E-state index contributed by atoms with van der Waals surface area (Å²) in [4.78, 5) is 89.5. The van der Waals surface area contributed by atoms with E-state index in [0.29, 0.717) is 72.1 Å². The summed E-state index contributed by atoms with van der Waals surface area (Å²) in [6.45, 7) is 2.12. The number of esters is 8. The molecule has 2 spiro atoms. The standard InChI is InChI=1S/C19H22F2O8.C17H20F2O6.2C7H8F2O4/c1-17(20,21)16(24)29-18-4-7-2-8(5-18)19(9(3-7)6-18)27-13-12-11(26-15(13)28-19)10(22)14(23)25-12;1-15(18,19)14(21)25-16-4-8-2-9(5-16)17(10(3-8)6-16)23-11-7-22-13(20)12(11)24-17;1-7(8,9)6(11)13-4-2-5(10)12-3-4;1-7(8,9)6(11)13-4-2-3-12-5(4)10/h7-13,15,22H,2-6H2,1H3;8-12H,2-7H2,1H3;2*4H,2-3H2,1H3. The van der Waals surface area contributed by atoms with Gasteiger partial charge in [0.15, 0.2) is 42.3 Å². The molecule has 7 saturated heterocycles. The van der Waals surface area contributed by atoms with Crippen LogP contribution in [0.2, 0.25) is 0 Å². The maximum absolute atomic E-state index is 13.4. The van der Waals surface area contributed by atoms with Gasteiger partial charge in [0.25, 0.3) is 0 Å². The smallest absolute Gasteiger partial charge is 0.377 e. The van der Waals surface area contributed by atoms with Crippen molar-refractivity contribution in [2.24, 2.45) is 35.5 Å². The summed E-state index contributed by atoms with van der Waals surface area (Å²) in [5.74, 6) is -24.5. The highest BCUT2D eigenvalue weighted by atomic mass is 19.3. The lowest BCUT2D eigenvalue weighted by atomic mass is 9.51. The summed E-state index contributed by atoms with van der Waals surface area (Å²) in [5.41, 5.74) is -1.77. The average Bonchev–Trinajstić information content (AvgIpc) is 3.03. The van der Waals surface area contributed by atoms with Crippen LogP contribution >= 0.6 is 0 Å². The highest BCUT2D eigenvalue weighted by Crippen LogP contribution is 2.67. The summed E-state index contributed by atoms with van der Waals surface area (Å²) in [5, 5.41) is 9.89. The van der Waals surface area contributed by atoms with Crippen molar-refractivity contribution in [3.8, 4) is 0 Å². The number of aliphatic hydroxyl groups excluding tert-OH is 1. The number of ether oxygens (including phenoxy) is 13. The van der Waals surface area contributed by atoms with Gasteiger partial charge in [-0.3, -0.25) is 4.79 Å². The fourth-order valence-corrected chi connectivity index (χ4v) is 14.1. The average molecular weight is 1160 g/mol. The lowest BCUT2D eigenvalue weighted by molar-refractivity contribution is -0.343. The molecule has 7 heterocycles. The maximum Gasteiger partial charge on any atom is 0.377 e. The molecule has 22 nitrogen and oxygen atoms in total. The SMILES string of the molecule is CC(F)(F)C(=O)OC12CC3CC(C1)C1(OC4COC(=O)C4O1)C(C3)C2.CC(F)(F)C(=O)OC12CC3CC(C1)C1(OC4OC5C(O)C(=O)OC5C4O1)C(C3)C2.CC(F)(F)C(=O)OC1CCOC1=O.CC(F)(F)C(=O)OC1COC(=O)C1. The van der Waals surface area contributed by atoms with Gasteiger partial charge in [0.05, 0.1) is 13.0 Å². The number of carbonyl (C=O) groups excluding carboxylic acids is 8. The molecule has 30 heteroatoms. The molecule has 0 aromatic rings. The Morgan fingerprint density at radius 2 is 1.05 bits per heavy atom. The van der Waals surface area contributed by atoms with Gasteiger partial charge in [-0.25, -0.2) is 33.6 Å². The first-order chi connectivity index (χ1) is 37.1. The summed E-state index contributed by atoms with van der Waals surface area (Å²) in [6, 6.07) is 0. The number of cyclic esters (lactones) is 3. The minimum atomic E-state index is -3.57. The summed E-state index contributed by atoms with van der Waals surface area (Å²) in [6.07, 6.45) is -1.35. The van der Waals surface area contributed by atoms with Crippen LogP contribution < -0.4 is 0 Å². The number of carbonyl (C=O) groups is 8. The Balaban J connectivity index is 0.000000128. The molecule has 446 valence electrons. The van der Waals surface area contributed by atoms with Gasteiger partial charge in [-0.1, -0.05) is 0 Å². The second-order valence-electron chi connectivity index (χ2n) is 23.4. The van der Waals surface area contributed by atoms with Crippen LogP contribution in [0.15, 0.2) is 0 Å². The lowest BCUT2D eigenvalue weighted by Gasteiger charge is -2.62. The van der Waals surface area contributed by atoms with E-state index in [2.05, 4.69) is 18.9 Å². The normalized spacial score (nSPS) is 42.8. The molecule has 15 fully saturated rings. The molecule has 15 rings (SSSR count). The minimum absolute atomic E-state index is 0.0598. The predicted molar refractivity (Wildman–Crippen MR) is 235 cm³/mol. The second-order valence-corrected chi connectivity index (χ2v) is 23.4. The van der Waals surface area contributed by atoms with E-state index in [0.717, 1.165) is 25.7 Å². The molecular formula is C50H58F8O22. The van der Waals surface area contributed by atoms with Gasteiger partial charge in [0.2, 0.25) is 6.10 Å². The molecule has 0 amide bonds. The Hall–Kier alpha value is -5.04. The van der Waals surface area contributed by atoms with E-state index in [1.54, 1.807) is 0 Å². The molecule has 0 aromatic carbocycles. The molecule has 8 aliphatic carbocycles. The number of hydrogen-bond donors (Lipinski definition) is 1. The molecule has 13 unspecified atom stereocenters. The summed E-state index contributed by atoms with van der Waals surface area (Å²) in [7, 11) is 0. The van der Waals surface area contributed by atoms with E-state index >= 15 is 0 Å². The van der Waals surface area contributed by atoms with Crippen molar-refractivity contribution < 1.29 is 140 Å². The van der Waals surface area contributed by atoms with Crippen molar-refractivity contribution >= 4 is 47.8 Å². The number of hydrogen-bond acceptors (Lipinski definition) is 22. The van der Waals surface area contributed by atoms with Crippen molar-refractivity contribution in [2.75, 3.05) is 19.8 Å². The molecule has 15 aliphatic rings. The fourth-order valence-electron chi connectivity index (χ4n) is 14.1. The van der Waals surface area contributed by atoms with Crippen molar-refractivity contribution in [1.82, 2.24) is 0 Å². The molecule has 8 saturated carbocycles. The molecule has 8 bridgehead atoms. The van der Waals surface area contributed by atoms with E-state index in [-0.39, 0.29) is 62.3 Å². The third kappa shape index (κ3) is 10.8. The van der Waals surface area contributed by atoms with Gasteiger partial charge in [-0.2, -0.15) is 35.1 Å². The first-order valence-electron chi connectivity index (χ1n) is 26.3. The van der Waals surface area contributed by atoms with Crippen LogP contribution in [0.4, 0.5) is 35.1 Å². The van der Waals surface area contributed by atoms with Crippen LogP contribution in [-0.4, -0.2) is 174 Å². The second kappa shape index (κ2) is 20.1. The van der Waals surface area contributed by atoms with Crippen LogP contribution in [0.1, 0.15) is 105 Å². The van der Waals surface area contributed by atoms with E-state index in [1.165, 1.54) is 0 Å². The molecule has 1 N–H and O–H groups in total. The molecular weight excluding hydrogens is 1100 g/mol. The Kier molecular flexibility index (Phi) is 14.6. The van der Waals surface area contributed by atoms with Crippen LogP contribution in [0.25, 0.3) is 0 Å². The first-order valence-corrected chi connectivity index (χ1v) is 26.3. The van der Waals surface area contributed by atoms with Gasteiger partial charge in [0, 0.05) is 57.8 Å². The largest absolute Gasteiger partial charge is 0.463 e. The third-order valence-electron chi connectivity index (χ3n) is 17.1. The molecule has 0 radical (unpaired) electrons. The van der Waals surface area contributed by atoms with Crippen LogP contribution in [-0.2, 0) is 99.9 Å². The number of fused-ring (bicyclic) bond motifs is 4.